The molecule has 0 atom stereocenters. The molecule has 10 aromatic carbocycles. The molecule has 0 amide bonds. The maximum Gasteiger partial charge on any atom is 0.132 e. The summed E-state index contributed by atoms with van der Waals surface area (Å²) in [5.41, 5.74) is 14.6. The fourth-order valence-electron chi connectivity index (χ4n) is 11.1. The summed E-state index contributed by atoms with van der Waals surface area (Å²) < 4.78 is 6.91. The molecule has 0 bridgehead atoms. The van der Waals surface area contributed by atoms with E-state index in [1.54, 1.807) is 0 Å². The Balaban J connectivity index is 1.06. The lowest BCUT2D eigenvalue weighted by molar-refractivity contribution is 0.431. The van der Waals surface area contributed by atoms with E-state index in [2.05, 4.69) is 241 Å². The van der Waals surface area contributed by atoms with Gasteiger partial charge < -0.3 is 9.64 Å². The van der Waals surface area contributed by atoms with Gasteiger partial charge in [-0.2, -0.15) is 0 Å². The van der Waals surface area contributed by atoms with Crippen LogP contribution in [0.15, 0.2) is 246 Å². The Morgan fingerprint density at radius 3 is 1.59 bits per heavy atom. The van der Waals surface area contributed by atoms with Crippen molar-refractivity contribution in [3.05, 3.63) is 281 Å². The van der Waals surface area contributed by atoms with Gasteiger partial charge in [-0.3, -0.25) is 0 Å². The first-order valence-electron chi connectivity index (χ1n) is 21.7. The molecule has 0 saturated carbocycles. The van der Waals surface area contributed by atoms with Crippen molar-refractivity contribution in [1.82, 2.24) is 0 Å². The van der Waals surface area contributed by atoms with Crippen LogP contribution in [0.25, 0.3) is 21.9 Å². The normalized spacial score (nSPS) is 14.3. The van der Waals surface area contributed by atoms with E-state index in [-0.39, 0.29) is 0 Å². The van der Waals surface area contributed by atoms with E-state index >= 15 is 0 Å². The summed E-state index contributed by atoms with van der Waals surface area (Å²) in [4.78, 5) is 4.96. The number of hydrogen-bond donors (Lipinski definition) is 0. The van der Waals surface area contributed by atoms with E-state index in [1.807, 2.05) is 11.8 Å². The van der Waals surface area contributed by atoms with Crippen LogP contribution in [0, 0.1) is 0 Å². The summed E-state index contributed by atoms with van der Waals surface area (Å²) in [5.74, 6) is 1.75. The molecule has 3 aliphatic rings. The van der Waals surface area contributed by atoms with Crippen LogP contribution in [0.5, 0.6) is 11.5 Å². The topological polar surface area (TPSA) is 12.5 Å². The lowest BCUT2D eigenvalue weighted by Gasteiger charge is -2.45. The summed E-state index contributed by atoms with van der Waals surface area (Å²) in [5, 5.41) is 2.37. The average Bonchev–Trinajstić information content (AvgIpc) is 3.66. The molecule has 3 heteroatoms. The van der Waals surface area contributed by atoms with Crippen molar-refractivity contribution in [3.8, 4) is 22.6 Å². The van der Waals surface area contributed by atoms with Gasteiger partial charge in [-0.25, -0.2) is 0 Å². The fourth-order valence-corrected chi connectivity index (χ4v) is 12.3. The Kier molecular flexibility index (Phi) is 8.00. The highest BCUT2D eigenvalue weighted by molar-refractivity contribution is 7.99. The Labute approximate surface area is 371 Å². The lowest BCUT2D eigenvalue weighted by Crippen LogP contribution is -2.36. The third-order valence-electron chi connectivity index (χ3n) is 13.7. The second-order valence-corrected chi connectivity index (χ2v) is 17.8. The molecule has 2 aliphatic heterocycles. The molecule has 2 heterocycles. The van der Waals surface area contributed by atoms with Crippen LogP contribution in [-0.2, 0) is 10.8 Å². The summed E-state index contributed by atoms with van der Waals surface area (Å²) in [7, 11) is 0. The summed E-state index contributed by atoms with van der Waals surface area (Å²) in [6, 6.07) is 87.0. The van der Waals surface area contributed by atoms with Gasteiger partial charge in [-0.05, 0) is 104 Å². The zero-order chi connectivity index (χ0) is 41.5. The third-order valence-corrected chi connectivity index (χ3v) is 14.8. The molecule has 1 spiro atoms. The monoisotopic (exact) mass is 821 g/mol. The maximum atomic E-state index is 6.91. The number of para-hydroxylation sites is 1. The average molecular weight is 822 g/mol. The van der Waals surface area contributed by atoms with Crippen molar-refractivity contribution in [3.63, 3.8) is 0 Å². The van der Waals surface area contributed by atoms with E-state index in [9.17, 15) is 0 Å². The van der Waals surface area contributed by atoms with Gasteiger partial charge in [0.1, 0.15) is 11.5 Å². The zero-order valence-corrected chi connectivity index (χ0v) is 35.1. The SMILES string of the molecule is c1ccc(C2(c3ccc(N(c4ccc5c(c4)C4(c6ccccc6O5)c5ccccc5Sc5ccccc54)c4cccc5ccccc45)cc3)c3ccccc3-c3ccccc32)cc1. The van der Waals surface area contributed by atoms with Crippen LogP contribution < -0.4 is 9.64 Å². The largest absolute Gasteiger partial charge is 0.457 e. The van der Waals surface area contributed by atoms with E-state index in [4.69, 9.17) is 4.74 Å². The van der Waals surface area contributed by atoms with Gasteiger partial charge in [0.05, 0.1) is 16.5 Å². The highest BCUT2D eigenvalue weighted by Gasteiger charge is 2.50. The smallest absolute Gasteiger partial charge is 0.132 e. The molecular formula is C60H39NOS. The second-order valence-electron chi connectivity index (χ2n) is 16.7. The number of fused-ring (bicyclic) bond motifs is 12. The lowest BCUT2D eigenvalue weighted by atomic mass is 9.63. The number of nitrogens with zero attached hydrogens (tertiary/aromatic N) is 1. The fraction of sp³-hybridized carbons (Fsp3) is 0.0333. The van der Waals surface area contributed by atoms with E-state index in [0.29, 0.717) is 0 Å². The number of hydrogen-bond acceptors (Lipinski definition) is 3. The number of benzene rings is 10. The maximum absolute atomic E-state index is 6.91. The molecular weight excluding hydrogens is 783 g/mol. The van der Waals surface area contributed by atoms with Crippen molar-refractivity contribution in [2.75, 3.05) is 4.90 Å². The standard InChI is InChI=1S/C60H39NOS/c1-2-19-41(20-3-1)59(48-24-8-6-22-46(48)47-23-7-9-25-49(47)59)42-33-35-43(36-34-42)61(54-29-16-18-40-17-4-5-21-45(40)54)44-37-38-56-53(39-44)60(50-26-10-13-30-55(50)62-56)51-27-11-14-31-57(51)63-58-32-15-12-28-52(58)60/h1-39H. The molecule has 1 aliphatic carbocycles. The van der Waals surface area contributed by atoms with Gasteiger partial charge in [0.15, 0.2) is 0 Å². The highest BCUT2D eigenvalue weighted by Crippen LogP contribution is 2.62. The van der Waals surface area contributed by atoms with Crippen LogP contribution in [0.2, 0.25) is 0 Å². The highest BCUT2D eigenvalue weighted by atomic mass is 32.2. The predicted molar refractivity (Wildman–Crippen MR) is 258 cm³/mol. The van der Waals surface area contributed by atoms with Gasteiger partial charge in [0.2, 0.25) is 0 Å². The Hall–Kier alpha value is -7.59. The Bertz CT molecular complexity index is 3270. The molecule has 13 rings (SSSR count). The van der Waals surface area contributed by atoms with Crippen LogP contribution in [0.1, 0.15) is 44.5 Å². The summed E-state index contributed by atoms with van der Waals surface area (Å²) >= 11 is 1.86. The molecule has 2 nitrogen and oxygen atoms in total. The molecule has 63 heavy (non-hydrogen) atoms. The second kappa shape index (κ2) is 14.0. The van der Waals surface area contributed by atoms with Gasteiger partial charge in [-0.15, -0.1) is 0 Å². The van der Waals surface area contributed by atoms with Crippen LogP contribution in [0.4, 0.5) is 17.1 Å². The minimum absolute atomic E-state index is 0.486. The molecule has 0 aromatic heterocycles. The Morgan fingerprint density at radius 2 is 0.873 bits per heavy atom. The van der Waals surface area contributed by atoms with Crippen molar-refractivity contribution < 1.29 is 4.74 Å². The van der Waals surface area contributed by atoms with Crippen molar-refractivity contribution in [2.45, 2.75) is 20.6 Å². The van der Waals surface area contributed by atoms with E-state index in [1.165, 1.54) is 65.1 Å². The number of rotatable bonds is 5. The van der Waals surface area contributed by atoms with Crippen LogP contribution in [-0.4, -0.2) is 0 Å². The Morgan fingerprint density at radius 1 is 0.349 bits per heavy atom. The number of ether oxygens (including phenoxy) is 1. The number of anilines is 3. The quantitative estimate of drug-likeness (QED) is 0.172. The van der Waals surface area contributed by atoms with E-state index in [0.717, 1.165) is 39.7 Å². The minimum atomic E-state index is -0.613. The van der Waals surface area contributed by atoms with Crippen LogP contribution in [0.3, 0.4) is 0 Å². The molecule has 0 N–H and O–H groups in total. The predicted octanol–water partition coefficient (Wildman–Crippen LogP) is 15.6. The van der Waals surface area contributed by atoms with Gasteiger partial charge in [-0.1, -0.05) is 194 Å². The minimum Gasteiger partial charge on any atom is -0.457 e. The first kappa shape index (κ1) is 36.1. The third kappa shape index (κ3) is 5.09. The molecule has 0 unspecified atom stereocenters. The van der Waals surface area contributed by atoms with Crippen molar-refractivity contribution in [1.29, 1.82) is 0 Å². The van der Waals surface area contributed by atoms with Gasteiger partial charge >= 0.3 is 0 Å². The van der Waals surface area contributed by atoms with Gasteiger partial charge in [0.25, 0.3) is 0 Å². The summed E-state index contributed by atoms with van der Waals surface area (Å²) in [6.45, 7) is 0. The van der Waals surface area contributed by atoms with E-state index < -0.39 is 10.8 Å². The summed E-state index contributed by atoms with van der Waals surface area (Å²) in [6.07, 6.45) is 0. The van der Waals surface area contributed by atoms with Crippen LogP contribution >= 0.6 is 11.8 Å². The molecule has 0 fully saturated rings. The zero-order valence-electron chi connectivity index (χ0n) is 34.3. The molecule has 0 saturated heterocycles. The van der Waals surface area contributed by atoms with Crippen molar-refractivity contribution in [2.24, 2.45) is 0 Å². The van der Waals surface area contributed by atoms with Gasteiger partial charge in [0, 0.05) is 37.7 Å². The first-order chi connectivity index (χ1) is 31.2. The van der Waals surface area contributed by atoms with Crippen molar-refractivity contribution >= 4 is 39.6 Å². The molecule has 10 aromatic rings. The molecule has 296 valence electrons. The molecule has 0 radical (unpaired) electrons. The first-order valence-corrected chi connectivity index (χ1v) is 22.5.